The van der Waals surface area contributed by atoms with Gasteiger partial charge in [0.25, 0.3) is 0 Å². The van der Waals surface area contributed by atoms with Gasteiger partial charge in [-0.1, -0.05) is 35.0 Å². The second kappa shape index (κ2) is 9.98. The highest BCUT2D eigenvalue weighted by molar-refractivity contribution is 7.89. The van der Waals surface area contributed by atoms with E-state index in [1.165, 1.54) is 4.31 Å². The van der Waals surface area contributed by atoms with E-state index in [4.69, 9.17) is 4.74 Å². The molecular formula is C23H29N5O4S. The zero-order chi connectivity index (χ0) is 23.4. The number of nitrogens with zero attached hydrogens (tertiary/aromatic N) is 4. The number of nitrogens with one attached hydrogen (secondary N) is 1. The number of aryl methyl sites for hydroxylation is 1. The first kappa shape index (κ1) is 23.3. The molecule has 1 aromatic heterocycles. The lowest BCUT2D eigenvalue weighted by Gasteiger charge is -2.31. The van der Waals surface area contributed by atoms with E-state index in [0.29, 0.717) is 44.6 Å². The van der Waals surface area contributed by atoms with Crippen molar-refractivity contribution in [2.24, 2.45) is 5.92 Å². The lowest BCUT2D eigenvalue weighted by Crippen LogP contribution is -2.45. The molecule has 0 bridgehead atoms. The molecular weight excluding hydrogens is 442 g/mol. The van der Waals surface area contributed by atoms with Crippen molar-refractivity contribution < 1.29 is 17.9 Å². The van der Waals surface area contributed by atoms with Crippen molar-refractivity contribution in [3.8, 4) is 0 Å². The molecule has 1 fully saturated rings. The zero-order valence-electron chi connectivity index (χ0n) is 18.9. The highest BCUT2D eigenvalue weighted by atomic mass is 32.2. The number of amides is 1. The Kier molecular flexibility index (Phi) is 7.06. The molecule has 2 heterocycles. The van der Waals surface area contributed by atoms with E-state index in [1.807, 2.05) is 31.2 Å². The SMILES string of the molecule is COCCn1nnc2cc(S(=O)(=O)N3CCCC(C(=O)NCc4ccc(C)cc4)C3)ccc21. The molecule has 2 aromatic carbocycles. The van der Waals surface area contributed by atoms with Crippen molar-refractivity contribution in [1.29, 1.82) is 0 Å². The fourth-order valence-electron chi connectivity index (χ4n) is 4.02. The van der Waals surface area contributed by atoms with Crippen molar-refractivity contribution in [2.75, 3.05) is 26.8 Å². The maximum absolute atomic E-state index is 13.3. The van der Waals surface area contributed by atoms with Crippen LogP contribution >= 0.6 is 0 Å². The van der Waals surface area contributed by atoms with Crippen LogP contribution in [0.4, 0.5) is 0 Å². The summed E-state index contributed by atoms with van der Waals surface area (Å²) >= 11 is 0. The molecule has 1 amide bonds. The van der Waals surface area contributed by atoms with E-state index < -0.39 is 10.0 Å². The number of fused-ring (bicyclic) bond motifs is 1. The third-order valence-electron chi connectivity index (χ3n) is 5.97. The summed E-state index contributed by atoms with van der Waals surface area (Å²) in [5.74, 6) is -0.496. The van der Waals surface area contributed by atoms with Crippen LogP contribution in [0.3, 0.4) is 0 Å². The molecule has 1 aliphatic rings. The molecule has 176 valence electrons. The van der Waals surface area contributed by atoms with E-state index in [-0.39, 0.29) is 23.3 Å². The van der Waals surface area contributed by atoms with E-state index in [0.717, 1.165) is 16.6 Å². The van der Waals surface area contributed by atoms with Crippen molar-refractivity contribution in [3.63, 3.8) is 0 Å². The van der Waals surface area contributed by atoms with Crippen molar-refractivity contribution >= 4 is 27.0 Å². The van der Waals surface area contributed by atoms with Gasteiger partial charge in [0.1, 0.15) is 5.52 Å². The van der Waals surface area contributed by atoms with Crippen LogP contribution in [0.2, 0.25) is 0 Å². The Bertz CT molecular complexity index is 1220. The summed E-state index contributed by atoms with van der Waals surface area (Å²) in [5.41, 5.74) is 3.43. The molecule has 0 radical (unpaired) electrons. The van der Waals surface area contributed by atoms with Crippen molar-refractivity contribution in [3.05, 3.63) is 53.6 Å². The van der Waals surface area contributed by atoms with Gasteiger partial charge in [-0.3, -0.25) is 4.79 Å². The topological polar surface area (TPSA) is 106 Å². The summed E-state index contributed by atoms with van der Waals surface area (Å²) < 4.78 is 34.8. The van der Waals surface area contributed by atoms with E-state index in [9.17, 15) is 13.2 Å². The summed E-state index contributed by atoms with van der Waals surface area (Å²) in [6.45, 7) is 4.02. The fourth-order valence-corrected chi connectivity index (χ4v) is 5.56. The van der Waals surface area contributed by atoms with Gasteiger partial charge in [0.05, 0.1) is 29.5 Å². The Hall–Kier alpha value is -2.82. The standard InChI is InChI=1S/C23H29N5O4S/c1-17-5-7-18(8-6-17)15-24-23(29)19-4-3-11-27(16-19)33(30,31)20-9-10-22-21(14-20)25-26-28(22)12-13-32-2/h5-10,14,19H,3-4,11-13,15-16H2,1-2H3,(H,24,29). The van der Waals surface area contributed by atoms with Crippen LogP contribution < -0.4 is 5.32 Å². The normalized spacial score (nSPS) is 17.3. The predicted molar refractivity (Wildman–Crippen MR) is 124 cm³/mol. The van der Waals surface area contributed by atoms with Gasteiger partial charge in [0.2, 0.25) is 15.9 Å². The molecule has 4 rings (SSSR count). The number of benzene rings is 2. The number of ether oxygens (including phenoxy) is 1. The Morgan fingerprint density at radius 1 is 1.21 bits per heavy atom. The summed E-state index contributed by atoms with van der Waals surface area (Å²) in [7, 11) is -2.14. The Labute approximate surface area is 193 Å². The second-order valence-electron chi connectivity index (χ2n) is 8.36. The Balaban J connectivity index is 1.44. The average molecular weight is 472 g/mol. The minimum atomic E-state index is -3.75. The van der Waals surface area contributed by atoms with E-state index in [2.05, 4.69) is 15.6 Å². The van der Waals surface area contributed by atoms with Crippen LogP contribution in [0, 0.1) is 12.8 Å². The van der Waals surface area contributed by atoms with E-state index >= 15 is 0 Å². The van der Waals surface area contributed by atoms with Crippen LogP contribution in [0.15, 0.2) is 47.4 Å². The number of piperidine rings is 1. The summed E-state index contributed by atoms with van der Waals surface area (Å²) in [5, 5.41) is 11.1. The predicted octanol–water partition coefficient (Wildman–Crippen LogP) is 2.10. The molecule has 0 saturated carbocycles. The molecule has 10 heteroatoms. The van der Waals surface area contributed by atoms with Gasteiger partial charge in [-0.15, -0.1) is 5.10 Å². The Morgan fingerprint density at radius 2 is 2.00 bits per heavy atom. The van der Waals surface area contributed by atoms with Crippen molar-refractivity contribution in [1.82, 2.24) is 24.6 Å². The molecule has 1 N–H and O–H groups in total. The maximum Gasteiger partial charge on any atom is 0.243 e. The summed E-state index contributed by atoms with van der Waals surface area (Å²) in [6, 6.07) is 12.8. The van der Waals surface area contributed by atoms with Crippen LogP contribution in [0.25, 0.3) is 11.0 Å². The molecule has 1 saturated heterocycles. The molecule has 0 spiro atoms. The van der Waals surface area contributed by atoms with Gasteiger partial charge >= 0.3 is 0 Å². The number of methoxy groups -OCH3 is 1. The van der Waals surface area contributed by atoms with Gasteiger partial charge in [-0.25, -0.2) is 13.1 Å². The first-order chi connectivity index (χ1) is 15.9. The van der Waals surface area contributed by atoms with E-state index in [1.54, 1.807) is 30.0 Å². The third-order valence-corrected chi connectivity index (χ3v) is 7.83. The minimum absolute atomic E-state index is 0.119. The zero-order valence-corrected chi connectivity index (χ0v) is 19.7. The molecule has 0 aliphatic carbocycles. The highest BCUT2D eigenvalue weighted by Crippen LogP contribution is 2.26. The molecule has 33 heavy (non-hydrogen) atoms. The average Bonchev–Trinajstić information content (AvgIpc) is 3.24. The second-order valence-corrected chi connectivity index (χ2v) is 10.3. The van der Waals surface area contributed by atoms with Crippen LogP contribution in [0.1, 0.15) is 24.0 Å². The van der Waals surface area contributed by atoms with Crippen LogP contribution in [-0.2, 0) is 32.6 Å². The van der Waals surface area contributed by atoms with Gasteiger partial charge in [-0.05, 0) is 43.5 Å². The minimum Gasteiger partial charge on any atom is -0.383 e. The number of sulfonamides is 1. The quantitative estimate of drug-likeness (QED) is 0.539. The number of hydrogen-bond donors (Lipinski definition) is 1. The summed E-state index contributed by atoms with van der Waals surface area (Å²) in [4.78, 5) is 12.9. The molecule has 3 aromatic rings. The summed E-state index contributed by atoms with van der Waals surface area (Å²) in [6.07, 6.45) is 1.30. The Morgan fingerprint density at radius 3 is 2.76 bits per heavy atom. The fraction of sp³-hybridized carbons (Fsp3) is 0.435. The molecule has 1 aliphatic heterocycles. The number of carbonyl (C=O) groups is 1. The molecule has 1 unspecified atom stereocenters. The monoisotopic (exact) mass is 471 g/mol. The lowest BCUT2D eigenvalue weighted by atomic mass is 9.98. The maximum atomic E-state index is 13.3. The van der Waals surface area contributed by atoms with Gasteiger partial charge < -0.3 is 10.1 Å². The largest absolute Gasteiger partial charge is 0.383 e. The number of hydrogen-bond acceptors (Lipinski definition) is 6. The van der Waals surface area contributed by atoms with Gasteiger partial charge in [-0.2, -0.15) is 4.31 Å². The first-order valence-corrected chi connectivity index (χ1v) is 12.5. The van der Waals surface area contributed by atoms with Gasteiger partial charge in [0, 0.05) is 26.7 Å². The highest BCUT2D eigenvalue weighted by Gasteiger charge is 2.33. The van der Waals surface area contributed by atoms with Gasteiger partial charge in [0.15, 0.2) is 0 Å². The van der Waals surface area contributed by atoms with Crippen LogP contribution in [-0.4, -0.2) is 60.4 Å². The third kappa shape index (κ3) is 5.23. The van der Waals surface area contributed by atoms with Crippen molar-refractivity contribution in [2.45, 2.75) is 37.8 Å². The van der Waals surface area contributed by atoms with Crippen LogP contribution in [0.5, 0.6) is 0 Å². The molecule has 9 nitrogen and oxygen atoms in total. The molecule has 1 atom stereocenters. The first-order valence-electron chi connectivity index (χ1n) is 11.0. The number of aromatic nitrogens is 3. The number of carbonyl (C=O) groups excluding carboxylic acids is 1. The smallest absolute Gasteiger partial charge is 0.243 e. The number of rotatable bonds is 8. The lowest BCUT2D eigenvalue weighted by molar-refractivity contribution is -0.126.